The summed E-state index contributed by atoms with van der Waals surface area (Å²) in [6.07, 6.45) is 0. The quantitative estimate of drug-likeness (QED) is 0.449. The minimum atomic E-state index is -1.29. The van der Waals surface area contributed by atoms with Crippen molar-refractivity contribution in [2.24, 2.45) is 0 Å². The van der Waals surface area contributed by atoms with E-state index in [-0.39, 0.29) is 28.4 Å². The Labute approximate surface area is 181 Å². The first-order valence-electron chi connectivity index (χ1n) is 9.47. The monoisotopic (exact) mass is 425 g/mol. The normalized spacial score (nSPS) is 10.5. The van der Waals surface area contributed by atoms with Crippen LogP contribution in [0.25, 0.3) is 22.0 Å². The molecule has 156 valence electrons. The summed E-state index contributed by atoms with van der Waals surface area (Å²) in [5.41, 5.74) is 2.32. The van der Waals surface area contributed by atoms with Crippen LogP contribution in [-0.2, 0) is 0 Å². The molecule has 8 heteroatoms. The van der Waals surface area contributed by atoms with Crippen molar-refractivity contribution in [2.75, 3.05) is 5.32 Å². The molecule has 32 heavy (non-hydrogen) atoms. The van der Waals surface area contributed by atoms with Gasteiger partial charge in [-0.1, -0.05) is 35.5 Å². The van der Waals surface area contributed by atoms with Crippen LogP contribution in [0, 0.1) is 11.3 Å². The summed E-state index contributed by atoms with van der Waals surface area (Å²) in [6.45, 7) is 1.48. The van der Waals surface area contributed by atoms with Crippen LogP contribution in [0.1, 0.15) is 43.8 Å². The van der Waals surface area contributed by atoms with E-state index in [1.54, 1.807) is 36.4 Å². The third-order valence-electron chi connectivity index (χ3n) is 4.93. The predicted octanol–water partition coefficient (Wildman–Crippen LogP) is 4.52. The lowest BCUT2D eigenvalue weighted by molar-refractivity contribution is 0.0697. The molecule has 0 fully saturated rings. The number of aromatic carboxylic acids is 1. The summed E-state index contributed by atoms with van der Waals surface area (Å²) in [4.78, 5) is 36.4. The van der Waals surface area contributed by atoms with E-state index >= 15 is 0 Å². The van der Waals surface area contributed by atoms with Crippen LogP contribution in [0.3, 0.4) is 0 Å². The third kappa shape index (κ3) is 3.70. The average molecular weight is 425 g/mol. The first kappa shape index (κ1) is 20.5. The molecule has 0 aliphatic rings. The van der Waals surface area contributed by atoms with Crippen molar-refractivity contribution in [1.82, 2.24) is 5.16 Å². The van der Waals surface area contributed by atoms with E-state index in [1.807, 2.05) is 12.1 Å². The molecule has 0 aliphatic heterocycles. The van der Waals surface area contributed by atoms with Gasteiger partial charge < -0.3 is 14.9 Å². The van der Waals surface area contributed by atoms with Crippen LogP contribution in [0.15, 0.2) is 65.2 Å². The van der Waals surface area contributed by atoms with Crippen LogP contribution >= 0.6 is 0 Å². The minimum absolute atomic E-state index is 0.0177. The van der Waals surface area contributed by atoms with Crippen molar-refractivity contribution in [3.63, 3.8) is 0 Å². The Morgan fingerprint density at radius 1 is 1.03 bits per heavy atom. The average Bonchev–Trinajstić information content (AvgIpc) is 3.22. The van der Waals surface area contributed by atoms with Gasteiger partial charge in [-0.05, 0) is 48.4 Å². The number of carboxylic acids is 1. The molecule has 0 radical (unpaired) electrons. The van der Waals surface area contributed by atoms with Gasteiger partial charge in [0.25, 0.3) is 5.91 Å². The number of rotatable bonds is 5. The van der Waals surface area contributed by atoms with Gasteiger partial charge in [0.1, 0.15) is 5.52 Å². The Morgan fingerprint density at radius 2 is 1.81 bits per heavy atom. The van der Waals surface area contributed by atoms with Gasteiger partial charge in [0, 0.05) is 5.56 Å². The van der Waals surface area contributed by atoms with Gasteiger partial charge in [-0.25, -0.2) is 4.79 Å². The molecule has 3 aromatic carbocycles. The smallest absolute Gasteiger partial charge is 0.337 e. The number of Topliss-reactive ketones (excluding diaryl/α,β-unsaturated/α-hetero) is 1. The summed E-state index contributed by atoms with van der Waals surface area (Å²) in [6, 6.07) is 18.0. The van der Waals surface area contributed by atoms with Crippen LogP contribution in [-0.4, -0.2) is 27.9 Å². The summed E-state index contributed by atoms with van der Waals surface area (Å²) < 4.78 is 5.23. The Kier molecular flexibility index (Phi) is 5.23. The van der Waals surface area contributed by atoms with Crippen LogP contribution < -0.4 is 5.32 Å². The maximum Gasteiger partial charge on any atom is 0.337 e. The number of amides is 1. The number of fused-ring (bicyclic) bond motifs is 1. The number of benzene rings is 3. The van der Waals surface area contributed by atoms with Gasteiger partial charge >= 0.3 is 5.97 Å². The molecule has 0 aliphatic carbocycles. The van der Waals surface area contributed by atoms with Crippen LogP contribution in [0.2, 0.25) is 0 Å². The van der Waals surface area contributed by atoms with E-state index in [4.69, 9.17) is 9.78 Å². The zero-order valence-electron chi connectivity index (χ0n) is 16.7. The van der Waals surface area contributed by atoms with Crippen molar-refractivity contribution in [2.45, 2.75) is 6.92 Å². The highest BCUT2D eigenvalue weighted by atomic mass is 16.5. The number of carboxylic acid groups (broad SMARTS) is 1. The number of nitrogens with one attached hydrogen (secondary N) is 1. The molecule has 1 aromatic heterocycles. The van der Waals surface area contributed by atoms with E-state index in [2.05, 4.69) is 10.5 Å². The molecule has 0 atom stereocenters. The van der Waals surface area contributed by atoms with Crippen molar-refractivity contribution < 1.29 is 24.0 Å². The van der Waals surface area contributed by atoms with Crippen molar-refractivity contribution in [3.8, 4) is 17.2 Å². The molecule has 0 saturated heterocycles. The van der Waals surface area contributed by atoms with E-state index in [0.717, 1.165) is 0 Å². The first-order chi connectivity index (χ1) is 15.4. The summed E-state index contributed by atoms with van der Waals surface area (Å²) >= 11 is 0. The molecule has 1 heterocycles. The Morgan fingerprint density at radius 3 is 2.53 bits per heavy atom. The molecular weight excluding hydrogens is 410 g/mol. The number of hydrogen-bond acceptors (Lipinski definition) is 6. The maximum atomic E-state index is 12.9. The number of ketones is 1. The van der Waals surface area contributed by atoms with Gasteiger partial charge in [0.15, 0.2) is 5.78 Å². The lowest BCUT2D eigenvalue weighted by Gasteiger charge is -2.08. The zero-order chi connectivity index (χ0) is 22.8. The molecule has 4 rings (SSSR count). The number of anilines is 1. The topological polar surface area (TPSA) is 133 Å². The number of nitriles is 1. The molecule has 0 spiro atoms. The molecular formula is C24H15N3O5. The number of hydrogen-bond donors (Lipinski definition) is 2. The van der Waals surface area contributed by atoms with E-state index in [0.29, 0.717) is 27.6 Å². The third-order valence-corrected chi connectivity index (χ3v) is 4.93. The number of aromatic nitrogens is 1. The van der Waals surface area contributed by atoms with Crippen molar-refractivity contribution >= 4 is 34.3 Å². The standard InChI is InChI=1S/C24H15N3O5/c1-13(28)16-4-2-3-5-17(16)15-7-9-21-18(11-15)22(32-27-21)23(29)26-20-8-6-14(12-25)10-19(20)24(30)31/h2-11H,1H3,(H,26,29)(H,30,31). The molecule has 0 saturated carbocycles. The second-order valence-corrected chi connectivity index (χ2v) is 6.98. The second kappa shape index (κ2) is 8.16. The fraction of sp³-hybridized carbons (Fsp3) is 0.0417. The summed E-state index contributed by atoms with van der Waals surface area (Å²) in [5, 5.41) is 25.2. The molecule has 0 unspecified atom stereocenters. The summed E-state index contributed by atoms with van der Waals surface area (Å²) in [5.74, 6) is -2.19. The summed E-state index contributed by atoms with van der Waals surface area (Å²) in [7, 11) is 0. The van der Waals surface area contributed by atoms with Gasteiger partial charge in [0.2, 0.25) is 5.76 Å². The van der Waals surface area contributed by atoms with Gasteiger partial charge in [-0.3, -0.25) is 9.59 Å². The van der Waals surface area contributed by atoms with Crippen LogP contribution in [0.4, 0.5) is 5.69 Å². The second-order valence-electron chi connectivity index (χ2n) is 6.98. The fourth-order valence-electron chi connectivity index (χ4n) is 3.39. The zero-order valence-corrected chi connectivity index (χ0v) is 16.7. The Balaban J connectivity index is 1.75. The number of carbonyl (C=O) groups excluding carboxylic acids is 2. The Bertz CT molecular complexity index is 1450. The Hall–Kier alpha value is -4.77. The number of nitrogens with zero attached hydrogens (tertiary/aromatic N) is 2. The van der Waals surface area contributed by atoms with Gasteiger partial charge in [-0.15, -0.1) is 0 Å². The highest BCUT2D eigenvalue weighted by Crippen LogP contribution is 2.29. The molecule has 2 N–H and O–H groups in total. The van der Waals surface area contributed by atoms with E-state index < -0.39 is 11.9 Å². The minimum Gasteiger partial charge on any atom is -0.478 e. The largest absolute Gasteiger partial charge is 0.478 e. The van der Waals surface area contributed by atoms with Gasteiger partial charge in [-0.2, -0.15) is 5.26 Å². The van der Waals surface area contributed by atoms with Gasteiger partial charge in [0.05, 0.1) is 28.3 Å². The highest BCUT2D eigenvalue weighted by molar-refractivity contribution is 6.13. The molecule has 1 amide bonds. The van der Waals surface area contributed by atoms with Crippen molar-refractivity contribution in [3.05, 3.63) is 83.1 Å². The SMILES string of the molecule is CC(=O)c1ccccc1-c1ccc2noc(C(=O)Nc3ccc(C#N)cc3C(=O)O)c2c1. The highest BCUT2D eigenvalue weighted by Gasteiger charge is 2.21. The first-order valence-corrected chi connectivity index (χ1v) is 9.47. The van der Waals surface area contributed by atoms with E-state index in [9.17, 15) is 19.5 Å². The maximum absolute atomic E-state index is 12.9. The molecule has 8 nitrogen and oxygen atoms in total. The lowest BCUT2D eigenvalue weighted by Crippen LogP contribution is -2.14. The molecule has 4 aromatic rings. The van der Waals surface area contributed by atoms with Crippen LogP contribution in [0.5, 0.6) is 0 Å². The van der Waals surface area contributed by atoms with E-state index in [1.165, 1.54) is 25.1 Å². The predicted molar refractivity (Wildman–Crippen MR) is 116 cm³/mol. The lowest BCUT2D eigenvalue weighted by atomic mass is 9.96. The molecule has 0 bridgehead atoms. The fourth-order valence-corrected chi connectivity index (χ4v) is 3.39. The number of carbonyl (C=O) groups is 3. The van der Waals surface area contributed by atoms with Crippen molar-refractivity contribution in [1.29, 1.82) is 5.26 Å².